The summed E-state index contributed by atoms with van der Waals surface area (Å²) < 4.78 is 0. The van der Waals surface area contributed by atoms with Crippen LogP contribution >= 0.6 is 0 Å². The van der Waals surface area contributed by atoms with Gasteiger partial charge in [-0.2, -0.15) is 0 Å². The van der Waals surface area contributed by atoms with Crippen molar-refractivity contribution < 1.29 is 14.7 Å². The quantitative estimate of drug-likeness (QED) is 0.109. The highest BCUT2D eigenvalue weighted by Crippen LogP contribution is 2.21. The summed E-state index contributed by atoms with van der Waals surface area (Å²) in [5.74, 6) is -0.0557. The lowest BCUT2D eigenvalue weighted by atomic mass is 10.0. The lowest BCUT2D eigenvalue weighted by molar-refractivity contribution is -0.138. The number of hydrogen-bond acceptors (Lipinski definition) is 3. The van der Waals surface area contributed by atoms with Crippen LogP contribution in [0.15, 0.2) is 0 Å². The van der Waals surface area contributed by atoms with Gasteiger partial charge in [-0.1, -0.05) is 149 Å². The molecule has 0 aromatic heterocycles. The summed E-state index contributed by atoms with van der Waals surface area (Å²) in [6, 6.07) is -0.498. The van der Waals surface area contributed by atoms with E-state index in [1.54, 1.807) is 4.90 Å². The molecule has 1 aliphatic rings. The van der Waals surface area contributed by atoms with Crippen molar-refractivity contribution in [3.05, 3.63) is 0 Å². The second kappa shape index (κ2) is 24.9. The average molecular weight is 537 g/mol. The van der Waals surface area contributed by atoms with E-state index in [0.717, 1.165) is 25.7 Å². The van der Waals surface area contributed by atoms with Gasteiger partial charge in [0.05, 0.1) is 6.10 Å². The van der Waals surface area contributed by atoms with Crippen molar-refractivity contribution >= 4 is 11.8 Å². The van der Waals surface area contributed by atoms with Crippen LogP contribution in [0, 0.1) is 0 Å². The van der Waals surface area contributed by atoms with Crippen molar-refractivity contribution in [1.82, 2.24) is 10.2 Å². The summed E-state index contributed by atoms with van der Waals surface area (Å²) in [7, 11) is 0. The van der Waals surface area contributed by atoms with Gasteiger partial charge in [-0.3, -0.25) is 9.59 Å². The van der Waals surface area contributed by atoms with Crippen LogP contribution in [-0.4, -0.2) is 47.1 Å². The summed E-state index contributed by atoms with van der Waals surface area (Å²) >= 11 is 0. The number of carbonyl (C=O) groups is 2. The van der Waals surface area contributed by atoms with Crippen molar-refractivity contribution in [3.63, 3.8) is 0 Å². The van der Waals surface area contributed by atoms with E-state index in [-0.39, 0.29) is 11.8 Å². The minimum absolute atomic E-state index is 0.0312. The van der Waals surface area contributed by atoms with Crippen LogP contribution in [0.5, 0.6) is 0 Å². The molecule has 5 heteroatoms. The van der Waals surface area contributed by atoms with Gasteiger partial charge in [0, 0.05) is 25.9 Å². The Hall–Kier alpha value is -1.10. The Balaban J connectivity index is 2.05. The Kier molecular flexibility index (Phi) is 22.9. The lowest BCUT2D eigenvalue weighted by Crippen LogP contribution is -2.46. The largest absolute Gasteiger partial charge is 0.391 e. The average Bonchev–Trinajstić information content (AvgIpc) is 3.31. The molecule has 5 nitrogen and oxygen atoms in total. The molecule has 0 radical (unpaired) electrons. The van der Waals surface area contributed by atoms with Crippen LogP contribution in [0.25, 0.3) is 0 Å². The number of aliphatic hydroxyl groups is 1. The summed E-state index contributed by atoms with van der Waals surface area (Å²) in [6.45, 7) is 5.49. The van der Waals surface area contributed by atoms with Crippen LogP contribution in [0.4, 0.5) is 0 Å². The van der Waals surface area contributed by atoms with E-state index in [0.29, 0.717) is 25.9 Å². The first kappa shape index (κ1) is 34.9. The lowest BCUT2D eigenvalue weighted by Gasteiger charge is -2.23. The maximum absolute atomic E-state index is 12.8. The van der Waals surface area contributed by atoms with Gasteiger partial charge in [0.15, 0.2) is 0 Å². The van der Waals surface area contributed by atoms with E-state index in [2.05, 4.69) is 19.2 Å². The highest BCUT2D eigenvalue weighted by Gasteiger charge is 2.38. The third kappa shape index (κ3) is 18.2. The Morgan fingerprint density at radius 1 is 0.632 bits per heavy atom. The predicted octanol–water partition coefficient (Wildman–Crippen LogP) is 8.47. The van der Waals surface area contributed by atoms with Crippen molar-refractivity contribution in [2.75, 3.05) is 13.1 Å². The second-order valence-corrected chi connectivity index (χ2v) is 11.9. The highest BCUT2D eigenvalue weighted by molar-refractivity contribution is 5.88. The van der Waals surface area contributed by atoms with E-state index in [9.17, 15) is 14.7 Å². The fourth-order valence-corrected chi connectivity index (χ4v) is 5.72. The van der Waals surface area contributed by atoms with Crippen molar-refractivity contribution in [2.45, 2.75) is 187 Å². The van der Waals surface area contributed by atoms with Crippen LogP contribution in [0.1, 0.15) is 174 Å². The van der Waals surface area contributed by atoms with E-state index < -0.39 is 12.1 Å². The number of amides is 2. The molecule has 1 rings (SSSR count). The SMILES string of the molecule is CCCCCCCCCCCCCCCC(=O)N1C[C@@H](O)C[C@@H]1C(=O)NCCCCCCCCCCCC. The van der Waals surface area contributed by atoms with E-state index >= 15 is 0 Å². The van der Waals surface area contributed by atoms with Crippen molar-refractivity contribution in [1.29, 1.82) is 0 Å². The number of rotatable bonds is 26. The van der Waals surface area contributed by atoms with E-state index in [1.807, 2.05) is 0 Å². The number of aliphatic hydroxyl groups excluding tert-OH is 1. The molecule has 224 valence electrons. The fraction of sp³-hybridized carbons (Fsp3) is 0.939. The molecule has 1 fully saturated rings. The molecule has 0 aromatic rings. The summed E-state index contributed by atoms with van der Waals surface area (Å²) in [5, 5.41) is 13.2. The van der Waals surface area contributed by atoms with Crippen LogP contribution in [0.2, 0.25) is 0 Å². The summed E-state index contributed by atoms with van der Waals surface area (Å²) in [6.07, 6.45) is 29.7. The molecule has 38 heavy (non-hydrogen) atoms. The third-order valence-corrected chi connectivity index (χ3v) is 8.23. The molecular formula is C33H64N2O3. The number of nitrogens with one attached hydrogen (secondary N) is 1. The predicted molar refractivity (Wildman–Crippen MR) is 161 cm³/mol. The monoisotopic (exact) mass is 536 g/mol. The number of hydrogen-bond donors (Lipinski definition) is 2. The molecule has 0 aromatic carbocycles. The van der Waals surface area contributed by atoms with Crippen LogP contribution in [-0.2, 0) is 9.59 Å². The Labute approximate surface area is 236 Å². The van der Waals surface area contributed by atoms with E-state index in [1.165, 1.54) is 122 Å². The standard InChI is InChI=1S/C33H64N2O3/c1-3-5-7-9-11-13-15-16-17-18-20-22-24-26-32(37)35-29-30(36)28-31(35)33(38)34-27-25-23-21-19-14-12-10-8-6-4-2/h30-31,36H,3-29H2,1-2H3,(H,34,38)/t30-,31+/m0/s1. The molecule has 1 aliphatic heterocycles. The van der Waals surface area contributed by atoms with E-state index in [4.69, 9.17) is 0 Å². The van der Waals surface area contributed by atoms with Gasteiger partial charge in [-0.25, -0.2) is 0 Å². The minimum Gasteiger partial charge on any atom is -0.391 e. The van der Waals surface area contributed by atoms with Gasteiger partial charge in [0.25, 0.3) is 0 Å². The summed E-state index contributed by atoms with van der Waals surface area (Å²) in [5.41, 5.74) is 0. The van der Waals surface area contributed by atoms with Gasteiger partial charge in [0.1, 0.15) is 6.04 Å². The fourth-order valence-electron chi connectivity index (χ4n) is 5.72. The first-order chi connectivity index (χ1) is 18.6. The number of likely N-dealkylation sites (tertiary alicyclic amines) is 1. The molecule has 0 saturated carbocycles. The zero-order chi connectivity index (χ0) is 27.7. The molecule has 2 atom stereocenters. The maximum Gasteiger partial charge on any atom is 0.242 e. The van der Waals surface area contributed by atoms with Crippen LogP contribution in [0.3, 0.4) is 0 Å². The highest BCUT2D eigenvalue weighted by atomic mass is 16.3. The van der Waals surface area contributed by atoms with Gasteiger partial charge >= 0.3 is 0 Å². The Morgan fingerprint density at radius 2 is 1.03 bits per heavy atom. The van der Waals surface area contributed by atoms with Gasteiger partial charge < -0.3 is 15.3 Å². The zero-order valence-corrected chi connectivity index (χ0v) is 25.5. The van der Waals surface area contributed by atoms with Crippen molar-refractivity contribution in [2.24, 2.45) is 0 Å². The normalized spacial score (nSPS) is 17.3. The van der Waals surface area contributed by atoms with Gasteiger partial charge in [-0.05, 0) is 12.8 Å². The molecular weight excluding hydrogens is 472 g/mol. The molecule has 1 heterocycles. The molecule has 1 saturated heterocycles. The van der Waals surface area contributed by atoms with Crippen LogP contribution < -0.4 is 5.32 Å². The molecule has 2 amide bonds. The number of β-amino-alcohol motifs (C(OH)–C–C–N with tert-alkyl or cyclic N) is 1. The minimum atomic E-state index is -0.585. The number of unbranched alkanes of at least 4 members (excludes halogenated alkanes) is 21. The molecule has 2 N–H and O–H groups in total. The molecule has 0 unspecified atom stereocenters. The topological polar surface area (TPSA) is 69.6 Å². The van der Waals surface area contributed by atoms with Crippen molar-refractivity contribution in [3.8, 4) is 0 Å². The summed E-state index contributed by atoms with van der Waals surface area (Å²) in [4.78, 5) is 27.2. The zero-order valence-electron chi connectivity index (χ0n) is 25.5. The second-order valence-electron chi connectivity index (χ2n) is 11.9. The molecule has 0 aliphatic carbocycles. The first-order valence-electron chi connectivity index (χ1n) is 16.8. The Morgan fingerprint density at radius 3 is 1.47 bits per heavy atom. The third-order valence-electron chi connectivity index (χ3n) is 8.23. The van der Waals surface area contributed by atoms with Gasteiger partial charge in [0.2, 0.25) is 11.8 Å². The number of nitrogens with zero attached hydrogens (tertiary/aromatic N) is 1. The molecule has 0 spiro atoms. The molecule has 0 bridgehead atoms. The number of carbonyl (C=O) groups excluding carboxylic acids is 2. The Bertz CT molecular complexity index is 568. The van der Waals surface area contributed by atoms with Gasteiger partial charge in [-0.15, -0.1) is 0 Å². The first-order valence-corrected chi connectivity index (χ1v) is 16.8. The smallest absolute Gasteiger partial charge is 0.242 e. The maximum atomic E-state index is 12.8.